The molecule has 1 aromatic carbocycles. The molecule has 1 unspecified atom stereocenters. The molecule has 2 atom stereocenters. The molecule has 166 valence electrons. The third kappa shape index (κ3) is 3.14. The van der Waals surface area contributed by atoms with Crippen LogP contribution in [0.4, 0.5) is 4.39 Å². The fraction of sp³-hybridized carbons (Fsp3) is 0.261. The number of hydrogen-bond acceptors (Lipinski definition) is 7. The lowest BCUT2D eigenvalue weighted by Crippen LogP contribution is -2.12. The summed E-state index contributed by atoms with van der Waals surface area (Å²) >= 11 is 8.11. The first kappa shape index (κ1) is 20.6. The fourth-order valence-corrected chi connectivity index (χ4v) is 6.32. The number of fused-ring (bicyclic) bond motifs is 5. The number of aliphatic imine (C=N–C) groups is 1. The van der Waals surface area contributed by atoms with Crippen LogP contribution in [0.25, 0.3) is 16.5 Å². The van der Waals surface area contributed by atoms with Crippen LogP contribution < -0.4 is 0 Å². The van der Waals surface area contributed by atoms with Gasteiger partial charge < -0.3 is 5.11 Å². The Labute approximate surface area is 197 Å². The molecule has 7 nitrogen and oxygen atoms in total. The van der Waals surface area contributed by atoms with Crippen LogP contribution in [0.2, 0.25) is 5.02 Å². The summed E-state index contributed by atoms with van der Waals surface area (Å²) in [5, 5.41) is 28.0. The third-order valence-corrected chi connectivity index (χ3v) is 7.68. The van der Waals surface area contributed by atoms with E-state index in [0.29, 0.717) is 34.5 Å². The van der Waals surface area contributed by atoms with Crippen LogP contribution in [0.3, 0.4) is 0 Å². The van der Waals surface area contributed by atoms with Gasteiger partial charge in [-0.05, 0) is 55.5 Å². The maximum absolute atomic E-state index is 15.1. The number of thiophene rings is 1. The summed E-state index contributed by atoms with van der Waals surface area (Å²) in [4.78, 5) is 6.09. The summed E-state index contributed by atoms with van der Waals surface area (Å²) in [6.07, 6.45) is 3.05. The van der Waals surface area contributed by atoms with E-state index in [9.17, 15) is 5.11 Å². The molecular weight excluding hydrogens is 463 g/mol. The predicted octanol–water partition coefficient (Wildman–Crippen LogP) is 4.20. The van der Waals surface area contributed by atoms with Gasteiger partial charge in [-0.2, -0.15) is 5.10 Å². The van der Waals surface area contributed by atoms with Crippen molar-refractivity contribution in [3.63, 3.8) is 0 Å². The summed E-state index contributed by atoms with van der Waals surface area (Å²) in [5.41, 5.74) is 3.27. The van der Waals surface area contributed by atoms with Crippen molar-refractivity contribution < 1.29 is 9.50 Å². The molecule has 2 aliphatic rings. The molecule has 0 fully saturated rings. The Morgan fingerprint density at radius 2 is 2.03 bits per heavy atom. The van der Waals surface area contributed by atoms with Crippen LogP contribution in [-0.4, -0.2) is 42.4 Å². The second-order valence-corrected chi connectivity index (χ2v) is 9.71. The van der Waals surface area contributed by atoms with E-state index in [1.807, 2.05) is 17.6 Å². The van der Waals surface area contributed by atoms with Crippen LogP contribution in [-0.2, 0) is 12.8 Å². The van der Waals surface area contributed by atoms with Crippen molar-refractivity contribution in [3.05, 3.63) is 74.8 Å². The topological polar surface area (TPSA) is 89.1 Å². The number of rotatable bonds is 3. The number of nitrogens with zero attached hydrogens (tertiary/aromatic N) is 6. The second kappa shape index (κ2) is 7.79. The summed E-state index contributed by atoms with van der Waals surface area (Å²) in [6.45, 7) is 2.01. The van der Waals surface area contributed by atoms with Crippen LogP contribution in [0.5, 0.6) is 0 Å². The summed E-state index contributed by atoms with van der Waals surface area (Å²) in [5.74, 6) is 0.899. The number of aromatic nitrogens is 5. The van der Waals surface area contributed by atoms with Crippen LogP contribution in [0.15, 0.2) is 41.5 Å². The van der Waals surface area contributed by atoms with Crippen LogP contribution >= 0.6 is 22.9 Å². The van der Waals surface area contributed by atoms with E-state index in [2.05, 4.69) is 20.4 Å². The first-order valence-electron chi connectivity index (χ1n) is 10.6. The smallest absolute Gasteiger partial charge is 0.189 e. The first-order chi connectivity index (χ1) is 16.1. The van der Waals surface area contributed by atoms with E-state index in [1.54, 1.807) is 35.7 Å². The number of benzene rings is 1. The van der Waals surface area contributed by atoms with Crippen molar-refractivity contribution in [2.24, 2.45) is 10.9 Å². The van der Waals surface area contributed by atoms with E-state index in [4.69, 9.17) is 16.6 Å². The molecule has 0 radical (unpaired) electrons. The predicted molar refractivity (Wildman–Crippen MR) is 124 cm³/mol. The van der Waals surface area contributed by atoms with Gasteiger partial charge in [0.1, 0.15) is 22.6 Å². The van der Waals surface area contributed by atoms with E-state index < -0.39 is 11.9 Å². The van der Waals surface area contributed by atoms with Gasteiger partial charge in [-0.1, -0.05) is 17.7 Å². The molecule has 0 saturated heterocycles. The lowest BCUT2D eigenvalue weighted by atomic mass is 9.97. The average Bonchev–Trinajstić information content (AvgIpc) is 3.49. The molecule has 0 saturated carbocycles. The molecule has 10 heteroatoms. The Balaban J connectivity index is 1.66. The highest BCUT2D eigenvalue weighted by molar-refractivity contribution is 7.15. The van der Waals surface area contributed by atoms with Crippen molar-refractivity contribution >= 4 is 28.6 Å². The van der Waals surface area contributed by atoms with Crippen molar-refractivity contribution in [2.75, 3.05) is 6.61 Å². The van der Waals surface area contributed by atoms with Gasteiger partial charge in [0.25, 0.3) is 0 Å². The highest BCUT2D eigenvalue weighted by atomic mass is 35.5. The van der Waals surface area contributed by atoms with Crippen molar-refractivity contribution in [1.29, 1.82) is 0 Å². The zero-order valence-electron chi connectivity index (χ0n) is 17.5. The third-order valence-electron chi connectivity index (χ3n) is 6.12. The molecular formula is C23H18ClFN6OS. The Kier molecular flexibility index (Phi) is 4.86. The number of hydrogen-bond donors (Lipinski definition) is 1. The molecule has 1 N–H and O–H groups in total. The van der Waals surface area contributed by atoms with Gasteiger partial charge in [-0.25, -0.2) is 4.39 Å². The number of aliphatic hydroxyl groups excluding tert-OH is 1. The maximum Gasteiger partial charge on any atom is 0.189 e. The molecule has 0 amide bonds. The highest BCUT2D eigenvalue weighted by Crippen LogP contribution is 2.45. The molecule has 1 aliphatic carbocycles. The molecule has 1 aliphatic heterocycles. The molecule has 33 heavy (non-hydrogen) atoms. The molecule has 4 heterocycles. The number of halogens is 2. The highest BCUT2D eigenvalue weighted by Gasteiger charge is 2.37. The average molecular weight is 481 g/mol. The Bertz CT molecular complexity index is 1400. The monoisotopic (exact) mass is 480 g/mol. The Hall–Kier alpha value is -3.01. The minimum absolute atomic E-state index is 0.0994. The van der Waals surface area contributed by atoms with Crippen LogP contribution in [0.1, 0.15) is 40.4 Å². The minimum Gasteiger partial charge on any atom is -0.396 e. The van der Waals surface area contributed by atoms with E-state index in [1.165, 1.54) is 6.07 Å². The van der Waals surface area contributed by atoms with Gasteiger partial charge in [0, 0.05) is 23.2 Å². The fourth-order valence-electron chi connectivity index (χ4n) is 4.62. The molecule has 3 aromatic heterocycles. The van der Waals surface area contributed by atoms with Gasteiger partial charge in [0.15, 0.2) is 11.6 Å². The van der Waals surface area contributed by atoms with Crippen LogP contribution in [0, 0.1) is 11.7 Å². The normalized spacial score (nSPS) is 19.0. The summed E-state index contributed by atoms with van der Waals surface area (Å²) in [6, 6.07) is 7.88. The standard InChI is InChI=1S/C23H18ClFN6OS/c1-11-21-29-30-22(16-6-3-7-26-28-16)31(21)23-18(13-8-12(10-32)9-17(13)33-23)20(27-11)19-14(24)4-2-5-15(19)25/h2-7,11-12,32H,8-10H2,1H3/t11-,12?/m0/s1. The Morgan fingerprint density at radius 3 is 2.79 bits per heavy atom. The van der Waals surface area contributed by atoms with Gasteiger partial charge in [0.2, 0.25) is 0 Å². The second-order valence-electron chi connectivity index (χ2n) is 8.22. The molecule has 0 spiro atoms. The maximum atomic E-state index is 15.1. The zero-order chi connectivity index (χ0) is 22.7. The van der Waals surface area contributed by atoms with Gasteiger partial charge in [-0.15, -0.1) is 26.6 Å². The number of aliphatic hydroxyl groups is 1. The van der Waals surface area contributed by atoms with E-state index in [-0.39, 0.29) is 18.1 Å². The van der Waals surface area contributed by atoms with Crippen molar-refractivity contribution in [3.8, 4) is 16.5 Å². The lowest BCUT2D eigenvalue weighted by Gasteiger charge is -2.13. The SMILES string of the molecule is C[C@@H]1N=C(c2c(F)cccc2Cl)c2c(sc3c2CC(CO)C3)-n2c(-c3cccnn3)nnc21. The largest absolute Gasteiger partial charge is 0.396 e. The summed E-state index contributed by atoms with van der Waals surface area (Å²) in [7, 11) is 0. The first-order valence-corrected chi connectivity index (χ1v) is 11.8. The van der Waals surface area contributed by atoms with Gasteiger partial charge in [-0.3, -0.25) is 9.56 Å². The lowest BCUT2D eigenvalue weighted by molar-refractivity contribution is 0.232. The Morgan fingerprint density at radius 1 is 1.15 bits per heavy atom. The van der Waals surface area contributed by atoms with Crippen molar-refractivity contribution in [2.45, 2.75) is 25.8 Å². The van der Waals surface area contributed by atoms with E-state index >= 15 is 4.39 Å². The van der Waals surface area contributed by atoms with E-state index in [0.717, 1.165) is 27.4 Å². The molecule has 4 aromatic rings. The minimum atomic E-state index is -0.428. The quantitative estimate of drug-likeness (QED) is 0.474. The van der Waals surface area contributed by atoms with Gasteiger partial charge in [0.05, 0.1) is 16.3 Å². The van der Waals surface area contributed by atoms with Crippen molar-refractivity contribution in [1.82, 2.24) is 25.0 Å². The van der Waals surface area contributed by atoms with Gasteiger partial charge >= 0.3 is 0 Å². The summed E-state index contributed by atoms with van der Waals surface area (Å²) < 4.78 is 17.1. The zero-order valence-corrected chi connectivity index (χ0v) is 19.1. The molecule has 0 bridgehead atoms. The molecule has 6 rings (SSSR count).